The second kappa shape index (κ2) is 5.09. The lowest BCUT2D eigenvalue weighted by Gasteiger charge is -2.50. The Morgan fingerprint density at radius 2 is 2.00 bits per heavy atom. The van der Waals surface area contributed by atoms with Crippen molar-refractivity contribution >= 4 is 0 Å². The van der Waals surface area contributed by atoms with Crippen molar-refractivity contribution in [3.05, 3.63) is 23.3 Å². The fraction of sp³-hybridized carbons (Fsp3) is 0.778. The molecule has 0 radical (unpaired) electrons. The fourth-order valence-corrected chi connectivity index (χ4v) is 4.71. The maximum Gasteiger partial charge on any atom is 0.0674 e. The van der Waals surface area contributed by atoms with Gasteiger partial charge in [0.1, 0.15) is 0 Å². The van der Waals surface area contributed by atoms with Gasteiger partial charge in [0, 0.05) is 5.92 Å². The van der Waals surface area contributed by atoms with E-state index in [1.54, 1.807) is 11.1 Å². The molecule has 0 aromatic carbocycles. The summed E-state index contributed by atoms with van der Waals surface area (Å²) in [4.78, 5) is 0. The molecule has 0 unspecified atom stereocenters. The van der Waals surface area contributed by atoms with Crippen LogP contribution >= 0.6 is 0 Å². The quantitative estimate of drug-likeness (QED) is 0.626. The van der Waals surface area contributed by atoms with E-state index in [1.165, 1.54) is 19.3 Å². The molecule has 0 saturated carbocycles. The first-order valence-corrected chi connectivity index (χ1v) is 8.03. The predicted molar refractivity (Wildman–Crippen MR) is 79.9 cm³/mol. The van der Waals surface area contributed by atoms with Gasteiger partial charge in [-0.2, -0.15) is 0 Å². The summed E-state index contributed by atoms with van der Waals surface area (Å²) in [6.45, 7) is 10.4. The zero-order valence-electron chi connectivity index (χ0n) is 12.9. The molecule has 0 aromatic heterocycles. The molecular weight excluding hydrogens is 232 g/mol. The van der Waals surface area contributed by atoms with Gasteiger partial charge in [-0.15, -0.1) is 0 Å². The lowest BCUT2D eigenvalue weighted by atomic mass is 9.63. The first-order valence-electron chi connectivity index (χ1n) is 8.03. The highest BCUT2D eigenvalue weighted by molar-refractivity contribution is 5.18. The number of ether oxygens (including phenoxy) is 1. The van der Waals surface area contributed by atoms with Crippen LogP contribution in [0.1, 0.15) is 47.0 Å². The Morgan fingerprint density at radius 3 is 2.68 bits per heavy atom. The van der Waals surface area contributed by atoms with Crippen molar-refractivity contribution in [3.63, 3.8) is 0 Å². The number of hydrogen-bond acceptors (Lipinski definition) is 1. The average molecular weight is 260 g/mol. The highest BCUT2D eigenvalue weighted by Crippen LogP contribution is 2.47. The van der Waals surface area contributed by atoms with Crippen LogP contribution in [0.15, 0.2) is 23.3 Å². The van der Waals surface area contributed by atoms with Crippen molar-refractivity contribution in [2.45, 2.75) is 53.1 Å². The molecule has 1 aliphatic heterocycles. The second-order valence-electron chi connectivity index (χ2n) is 7.20. The van der Waals surface area contributed by atoms with Gasteiger partial charge in [-0.05, 0) is 56.8 Å². The molecule has 1 fully saturated rings. The molecule has 0 aromatic rings. The molecule has 19 heavy (non-hydrogen) atoms. The molecule has 0 N–H and O–H groups in total. The van der Waals surface area contributed by atoms with Gasteiger partial charge in [0.25, 0.3) is 0 Å². The lowest BCUT2D eigenvalue weighted by molar-refractivity contribution is -0.117. The van der Waals surface area contributed by atoms with Crippen molar-refractivity contribution in [2.24, 2.45) is 29.6 Å². The molecule has 0 amide bonds. The molecule has 2 bridgehead atoms. The molecule has 0 spiro atoms. The van der Waals surface area contributed by atoms with E-state index < -0.39 is 0 Å². The molecule has 106 valence electrons. The van der Waals surface area contributed by atoms with Gasteiger partial charge in [0.05, 0.1) is 12.7 Å². The van der Waals surface area contributed by atoms with Gasteiger partial charge in [-0.3, -0.25) is 0 Å². The van der Waals surface area contributed by atoms with Crippen LogP contribution in [0.25, 0.3) is 0 Å². The van der Waals surface area contributed by atoms with Gasteiger partial charge < -0.3 is 4.74 Å². The summed E-state index contributed by atoms with van der Waals surface area (Å²) >= 11 is 0. The van der Waals surface area contributed by atoms with Crippen LogP contribution in [0, 0.1) is 29.6 Å². The van der Waals surface area contributed by atoms with Crippen molar-refractivity contribution in [1.29, 1.82) is 0 Å². The normalized spacial score (nSPS) is 46.5. The Hall–Kier alpha value is -0.560. The number of hydrogen-bond donors (Lipinski definition) is 0. The summed E-state index contributed by atoms with van der Waals surface area (Å²) in [5.41, 5.74) is 3.16. The van der Waals surface area contributed by atoms with E-state index in [0.29, 0.717) is 17.9 Å². The lowest BCUT2D eigenvalue weighted by Crippen LogP contribution is -2.49. The standard InChI is InChI=1S/C18H28O/c1-11-5-7-15(8-6-11)18-17-13(3)9-12(2)16(10-19-18)14(17)4/h5,9,12,14-18H,6-8,10H2,1-4H3/t12-,14+,15-,16-,17-,18-/m0/s1. The van der Waals surface area contributed by atoms with Crippen LogP contribution in [0.3, 0.4) is 0 Å². The smallest absolute Gasteiger partial charge is 0.0674 e. The van der Waals surface area contributed by atoms with Crippen LogP contribution in [0.4, 0.5) is 0 Å². The third kappa shape index (κ3) is 2.31. The van der Waals surface area contributed by atoms with Gasteiger partial charge in [0.2, 0.25) is 0 Å². The topological polar surface area (TPSA) is 9.23 Å². The second-order valence-corrected chi connectivity index (χ2v) is 7.20. The summed E-state index contributed by atoms with van der Waals surface area (Å²) in [6.07, 6.45) is 9.26. The van der Waals surface area contributed by atoms with E-state index in [9.17, 15) is 0 Å². The van der Waals surface area contributed by atoms with Crippen LogP contribution < -0.4 is 0 Å². The van der Waals surface area contributed by atoms with Gasteiger partial charge in [0.15, 0.2) is 0 Å². The van der Waals surface area contributed by atoms with E-state index in [0.717, 1.165) is 24.4 Å². The summed E-state index contributed by atoms with van der Waals surface area (Å²) in [5.74, 6) is 3.65. The third-order valence-electron chi connectivity index (χ3n) is 5.95. The molecular formula is C18H28O. The largest absolute Gasteiger partial charge is 0.377 e. The van der Waals surface area contributed by atoms with Gasteiger partial charge >= 0.3 is 0 Å². The molecule has 3 aliphatic rings. The zero-order chi connectivity index (χ0) is 13.6. The molecule has 1 heteroatoms. The number of allylic oxidation sites excluding steroid dienone is 3. The van der Waals surface area contributed by atoms with Crippen molar-refractivity contribution in [1.82, 2.24) is 0 Å². The minimum Gasteiger partial charge on any atom is -0.377 e. The summed E-state index contributed by atoms with van der Waals surface area (Å²) in [6, 6.07) is 0. The monoisotopic (exact) mass is 260 g/mol. The third-order valence-corrected chi connectivity index (χ3v) is 5.95. The van der Waals surface area contributed by atoms with Crippen LogP contribution in [0.5, 0.6) is 0 Å². The van der Waals surface area contributed by atoms with Gasteiger partial charge in [-0.25, -0.2) is 0 Å². The average Bonchev–Trinajstić information content (AvgIpc) is 2.37. The van der Waals surface area contributed by atoms with E-state index >= 15 is 0 Å². The number of fused-ring (bicyclic) bond motifs is 2. The van der Waals surface area contributed by atoms with E-state index in [1.807, 2.05) is 0 Å². The van der Waals surface area contributed by atoms with E-state index in [4.69, 9.17) is 4.74 Å². The Morgan fingerprint density at radius 1 is 1.21 bits per heavy atom. The molecule has 2 aliphatic carbocycles. The Bertz CT molecular complexity index is 406. The Kier molecular flexibility index (Phi) is 3.59. The van der Waals surface area contributed by atoms with Crippen LogP contribution in [-0.4, -0.2) is 12.7 Å². The fourth-order valence-electron chi connectivity index (χ4n) is 4.71. The molecule has 3 rings (SSSR count). The highest BCUT2D eigenvalue weighted by atomic mass is 16.5. The van der Waals surface area contributed by atoms with Crippen LogP contribution in [0.2, 0.25) is 0 Å². The summed E-state index contributed by atoms with van der Waals surface area (Å²) in [5, 5.41) is 0. The predicted octanol–water partition coefficient (Wildman–Crippen LogP) is 4.60. The summed E-state index contributed by atoms with van der Waals surface area (Å²) in [7, 11) is 0. The Labute approximate surface area is 118 Å². The molecule has 1 nitrogen and oxygen atoms in total. The van der Waals surface area contributed by atoms with E-state index in [-0.39, 0.29) is 0 Å². The van der Waals surface area contributed by atoms with Crippen molar-refractivity contribution < 1.29 is 4.74 Å². The first-order chi connectivity index (χ1) is 9.08. The van der Waals surface area contributed by atoms with E-state index in [2.05, 4.69) is 39.8 Å². The van der Waals surface area contributed by atoms with Crippen molar-refractivity contribution in [3.8, 4) is 0 Å². The minimum atomic E-state index is 0.472. The minimum absolute atomic E-state index is 0.472. The SMILES string of the molecule is CC1=CC[C@H]([C@@H]2OC[C@@H]3[C@@H](C)[C@@H]2C(C)=C[C@@H]3C)CC1. The zero-order valence-corrected chi connectivity index (χ0v) is 12.9. The maximum absolute atomic E-state index is 6.36. The Balaban J connectivity index is 1.82. The molecule has 6 atom stereocenters. The first kappa shape index (κ1) is 13.4. The molecule has 1 heterocycles. The highest BCUT2D eigenvalue weighted by Gasteiger charge is 2.45. The van der Waals surface area contributed by atoms with Gasteiger partial charge in [-0.1, -0.05) is 37.1 Å². The van der Waals surface area contributed by atoms with Crippen LogP contribution in [-0.2, 0) is 4.74 Å². The summed E-state index contributed by atoms with van der Waals surface area (Å²) < 4.78 is 6.36. The van der Waals surface area contributed by atoms with Crippen molar-refractivity contribution in [2.75, 3.05) is 6.61 Å². The number of rotatable bonds is 1. The molecule has 1 saturated heterocycles. The maximum atomic E-state index is 6.36.